The molecule has 7 heteroatoms. The predicted octanol–water partition coefficient (Wildman–Crippen LogP) is 5.10. The number of nitrogens with zero attached hydrogens (tertiary/aromatic N) is 1. The Hall–Kier alpha value is -3.48. The Morgan fingerprint density at radius 2 is 1.76 bits per heavy atom. The highest BCUT2D eigenvalue weighted by atomic mass is 16.5. The molecule has 4 rings (SSSR count). The molecule has 0 radical (unpaired) electrons. The van der Waals surface area contributed by atoms with Crippen molar-refractivity contribution in [2.45, 2.75) is 57.7 Å². The molecule has 0 saturated heterocycles. The Kier molecular flexibility index (Phi) is 7.50. The number of carbonyl (C=O) groups excluding carboxylic acids is 2. The molecule has 1 aromatic carbocycles. The summed E-state index contributed by atoms with van der Waals surface area (Å²) in [5.74, 6) is 0.869. The molecule has 2 heterocycles. The smallest absolute Gasteiger partial charge is 0.290 e. The lowest BCUT2D eigenvalue weighted by atomic mass is 9.94. The fourth-order valence-corrected chi connectivity index (χ4v) is 4.31. The van der Waals surface area contributed by atoms with Crippen LogP contribution in [0.4, 0.5) is 0 Å². The van der Waals surface area contributed by atoms with Gasteiger partial charge in [-0.25, -0.2) is 0 Å². The van der Waals surface area contributed by atoms with Crippen molar-refractivity contribution in [2.75, 3.05) is 6.61 Å². The third-order valence-electron chi connectivity index (χ3n) is 5.92. The molecule has 0 bridgehead atoms. The summed E-state index contributed by atoms with van der Waals surface area (Å²) in [7, 11) is 0. The average molecular weight is 451 g/mol. The summed E-state index contributed by atoms with van der Waals surface area (Å²) >= 11 is 0. The van der Waals surface area contributed by atoms with Gasteiger partial charge in [-0.15, -0.1) is 0 Å². The van der Waals surface area contributed by atoms with Crippen molar-refractivity contribution < 1.29 is 23.2 Å². The molecule has 1 aliphatic rings. The van der Waals surface area contributed by atoms with Crippen LogP contribution >= 0.6 is 0 Å². The van der Waals surface area contributed by atoms with Crippen LogP contribution in [-0.2, 0) is 11.3 Å². The minimum Gasteiger partial charge on any atom is -0.494 e. The Bertz CT molecular complexity index is 1010. The van der Waals surface area contributed by atoms with Crippen LogP contribution in [0.1, 0.15) is 66.9 Å². The third-order valence-corrected chi connectivity index (χ3v) is 5.92. The highest BCUT2D eigenvalue weighted by Crippen LogP contribution is 2.29. The van der Waals surface area contributed by atoms with Crippen LogP contribution in [0.15, 0.2) is 69.9 Å². The fraction of sp³-hybridized carbons (Fsp3) is 0.385. The first-order valence-electron chi connectivity index (χ1n) is 11.6. The van der Waals surface area contributed by atoms with Gasteiger partial charge in [-0.05, 0) is 61.7 Å². The molecule has 7 nitrogen and oxygen atoms in total. The normalized spacial score (nSPS) is 15.1. The number of hydrogen-bond donors (Lipinski definition) is 1. The summed E-state index contributed by atoms with van der Waals surface area (Å²) in [5, 5.41) is 3.19. The van der Waals surface area contributed by atoms with E-state index in [2.05, 4.69) is 5.32 Å². The van der Waals surface area contributed by atoms with E-state index in [1.807, 2.05) is 31.2 Å². The van der Waals surface area contributed by atoms with Crippen molar-refractivity contribution >= 4 is 11.8 Å². The maximum atomic E-state index is 13.7. The summed E-state index contributed by atoms with van der Waals surface area (Å²) in [6.45, 7) is 2.59. The number of amides is 2. The van der Waals surface area contributed by atoms with Crippen molar-refractivity contribution in [3.8, 4) is 5.75 Å². The van der Waals surface area contributed by atoms with Crippen LogP contribution in [0, 0.1) is 0 Å². The van der Waals surface area contributed by atoms with Crippen LogP contribution in [0.2, 0.25) is 0 Å². The van der Waals surface area contributed by atoms with Gasteiger partial charge in [0.1, 0.15) is 17.6 Å². The summed E-state index contributed by atoms with van der Waals surface area (Å²) in [6, 6.07) is 13.4. The van der Waals surface area contributed by atoms with E-state index in [0.29, 0.717) is 23.7 Å². The van der Waals surface area contributed by atoms with Crippen LogP contribution < -0.4 is 10.1 Å². The first-order chi connectivity index (χ1) is 16.2. The molecule has 1 aliphatic carbocycles. The molecule has 174 valence electrons. The standard InChI is InChI=1S/C26H30N2O5/c1-2-31-21-14-12-19(13-15-21)24(25(29)27-20-8-4-3-5-9-20)28(18-22-10-6-16-32-22)26(30)23-11-7-17-33-23/h6-7,10-17,20,24H,2-5,8-9,18H2,1H3,(H,27,29). The summed E-state index contributed by atoms with van der Waals surface area (Å²) in [6.07, 6.45) is 8.29. The van der Waals surface area contributed by atoms with E-state index >= 15 is 0 Å². The van der Waals surface area contributed by atoms with Crippen molar-refractivity contribution in [2.24, 2.45) is 0 Å². The Balaban J connectivity index is 1.69. The first kappa shape index (κ1) is 22.7. The zero-order valence-electron chi connectivity index (χ0n) is 18.9. The maximum Gasteiger partial charge on any atom is 0.290 e. The first-order valence-corrected chi connectivity index (χ1v) is 11.6. The number of hydrogen-bond acceptors (Lipinski definition) is 5. The largest absolute Gasteiger partial charge is 0.494 e. The lowest BCUT2D eigenvalue weighted by molar-refractivity contribution is -0.127. The topological polar surface area (TPSA) is 84.9 Å². The number of nitrogens with one attached hydrogen (secondary N) is 1. The number of furan rings is 2. The van der Waals surface area contributed by atoms with Crippen molar-refractivity contribution in [1.29, 1.82) is 0 Å². The minimum absolute atomic E-state index is 0.112. The Morgan fingerprint density at radius 3 is 2.39 bits per heavy atom. The number of benzene rings is 1. The van der Waals surface area contributed by atoms with Crippen molar-refractivity contribution in [1.82, 2.24) is 10.2 Å². The predicted molar refractivity (Wildman–Crippen MR) is 123 cm³/mol. The van der Waals surface area contributed by atoms with Gasteiger partial charge in [0, 0.05) is 6.04 Å². The van der Waals surface area contributed by atoms with Crippen molar-refractivity contribution in [3.63, 3.8) is 0 Å². The molecular formula is C26H30N2O5. The van der Waals surface area contributed by atoms with E-state index in [9.17, 15) is 9.59 Å². The summed E-state index contributed by atoms with van der Waals surface area (Å²) in [4.78, 5) is 28.7. The van der Waals surface area contributed by atoms with Gasteiger partial charge in [0.05, 0.1) is 25.7 Å². The molecule has 1 saturated carbocycles. The Morgan fingerprint density at radius 1 is 1.03 bits per heavy atom. The molecule has 3 aromatic rings. The van der Waals surface area contributed by atoms with E-state index < -0.39 is 6.04 Å². The molecule has 1 atom stereocenters. The van der Waals surface area contributed by atoms with Gasteiger partial charge in [0.15, 0.2) is 5.76 Å². The molecule has 1 fully saturated rings. The van der Waals surface area contributed by atoms with Gasteiger partial charge in [-0.1, -0.05) is 31.4 Å². The lowest BCUT2D eigenvalue weighted by Gasteiger charge is -2.32. The van der Waals surface area contributed by atoms with Gasteiger partial charge in [0.2, 0.25) is 5.91 Å². The number of ether oxygens (including phenoxy) is 1. The van der Waals surface area contributed by atoms with Crippen LogP contribution in [0.3, 0.4) is 0 Å². The third kappa shape index (κ3) is 5.66. The van der Waals surface area contributed by atoms with Crippen LogP contribution in [0.25, 0.3) is 0 Å². The maximum absolute atomic E-state index is 13.7. The quantitative estimate of drug-likeness (QED) is 0.490. The summed E-state index contributed by atoms with van der Waals surface area (Å²) < 4.78 is 16.5. The second-order valence-electron chi connectivity index (χ2n) is 8.24. The highest BCUT2D eigenvalue weighted by molar-refractivity contribution is 5.96. The van der Waals surface area contributed by atoms with Crippen LogP contribution in [-0.4, -0.2) is 29.4 Å². The zero-order chi connectivity index (χ0) is 23.0. The van der Waals surface area contributed by atoms with E-state index in [-0.39, 0.29) is 30.2 Å². The molecule has 2 amide bonds. The summed E-state index contributed by atoms with van der Waals surface area (Å²) in [5.41, 5.74) is 0.693. The molecule has 1 unspecified atom stereocenters. The van der Waals surface area contributed by atoms with E-state index in [4.69, 9.17) is 13.6 Å². The molecule has 1 N–H and O–H groups in total. The highest BCUT2D eigenvalue weighted by Gasteiger charge is 2.35. The van der Waals surface area contributed by atoms with E-state index in [0.717, 1.165) is 25.7 Å². The number of carbonyl (C=O) groups is 2. The lowest BCUT2D eigenvalue weighted by Crippen LogP contribution is -2.46. The zero-order valence-corrected chi connectivity index (χ0v) is 18.9. The monoisotopic (exact) mass is 450 g/mol. The SMILES string of the molecule is CCOc1ccc(C(C(=O)NC2CCCCC2)N(Cc2ccco2)C(=O)c2ccco2)cc1. The molecule has 2 aromatic heterocycles. The molecule has 0 spiro atoms. The van der Waals surface area contributed by atoms with Crippen molar-refractivity contribution in [3.05, 3.63) is 78.1 Å². The number of rotatable bonds is 9. The van der Waals surface area contributed by atoms with Crippen LogP contribution in [0.5, 0.6) is 5.75 Å². The van der Waals surface area contributed by atoms with Gasteiger partial charge in [0.25, 0.3) is 5.91 Å². The second kappa shape index (κ2) is 10.9. The molecule has 0 aliphatic heterocycles. The van der Waals surface area contributed by atoms with E-state index in [1.165, 1.54) is 17.6 Å². The second-order valence-corrected chi connectivity index (χ2v) is 8.24. The molecule has 33 heavy (non-hydrogen) atoms. The fourth-order valence-electron chi connectivity index (χ4n) is 4.31. The van der Waals surface area contributed by atoms with E-state index in [1.54, 1.807) is 30.5 Å². The average Bonchev–Trinajstić information content (AvgIpc) is 3.55. The van der Waals surface area contributed by atoms with Gasteiger partial charge in [-0.2, -0.15) is 0 Å². The van der Waals surface area contributed by atoms with Gasteiger partial charge in [-0.3, -0.25) is 9.59 Å². The van der Waals surface area contributed by atoms with Gasteiger partial charge >= 0.3 is 0 Å². The Labute approximate surface area is 193 Å². The minimum atomic E-state index is -0.856. The molecular weight excluding hydrogens is 420 g/mol. The van der Waals surface area contributed by atoms with Gasteiger partial charge < -0.3 is 23.8 Å².